The number of carbonyl (C=O) groups excluding carboxylic acids is 1. The maximum atomic E-state index is 11.5. The van der Waals surface area contributed by atoms with Crippen molar-refractivity contribution in [2.24, 2.45) is 5.73 Å². The molecule has 0 aromatic heterocycles. The molecule has 4 heteroatoms. The molecular weight excluding hydrogens is 238 g/mol. The summed E-state index contributed by atoms with van der Waals surface area (Å²) in [6, 6.07) is 8.22. The van der Waals surface area contributed by atoms with Gasteiger partial charge < -0.3 is 11.1 Å². The van der Waals surface area contributed by atoms with E-state index >= 15 is 0 Å². The second-order valence-corrected chi connectivity index (χ2v) is 4.55. The summed E-state index contributed by atoms with van der Waals surface area (Å²) >= 11 is 0. The summed E-state index contributed by atoms with van der Waals surface area (Å²) in [6.45, 7) is 7.86. The first-order valence-corrected chi connectivity index (χ1v) is 6.97. The number of nitrogens with two attached hydrogens (primary N) is 1. The van der Waals surface area contributed by atoms with Crippen LogP contribution in [0, 0.1) is 0 Å². The van der Waals surface area contributed by atoms with Crippen LogP contribution in [0.1, 0.15) is 31.4 Å². The normalized spacial score (nSPS) is 10.7. The molecule has 0 bridgehead atoms. The number of benzene rings is 1. The molecule has 0 heterocycles. The van der Waals surface area contributed by atoms with E-state index in [1.54, 1.807) is 0 Å². The van der Waals surface area contributed by atoms with Gasteiger partial charge in [-0.15, -0.1) is 0 Å². The second-order valence-electron chi connectivity index (χ2n) is 4.55. The third kappa shape index (κ3) is 5.41. The summed E-state index contributed by atoms with van der Waals surface area (Å²) in [4.78, 5) is 13.7. The van der Waals surface area contributed by atoms with Crippen LogP contribution in [0.15, 0.2) is 24.3 Å². The lowest BCUT2D eigenvalue weighted by atomic mass is 10.1. The highest BCUT2D eigenvalue weighted by molar-refractivity contribution is 5.75. The summed E-state index contributed by atoms with van der Waals surface area (Å²) in [5, 5.41) is 2.83. The molecular formula is C15H25N3O. The molecule has 0 saturated heterocycles. The Morgan fingerprint density at radius 2 is 1.95 bits per heavy atom. The van der Waals surface area contributed by atoms with E-state index in [1.165, 1.54) is 11.1 Å². The lowest BCUT2D eigenvalue weighted by molar-refractivity contribution is -0.121. The lowest BCUT2D eigenvalue weighted by Crippen LogP contribution is -2.30. The number of nitrogens with zero attached hydrogens (tertiary/aromatic N) is 1. The van der Waals surface area contributed by atoms with Gasteiger partial charge in [0.2, 0.25) is 5.91 Å². The Morgan fingerprint density at radius 3 is 2.53 bits per heavy atom. The van der Waals surface area contributed by atoms with Gasteiger partial charge in [-0.25, -0.2) is 0 Å². The van der Waals surface area contributed by atoms with E-state index in [2.05, 4.69) is 29.3 Å². The van der Waals surface area contributed by atoms with Gasteiger partial charge in [-0.1, -0.05) is 31.2 Å². The zero-order valence-electron chi connectivity index (χ0n) is 12.0. The van der Waals surface area contributed by atoms with Crippen LogP contribution in [0.5, 0.6) is 0 Å². The minimum absolute atomic E-state index is 0.119. The molecule has 0 spiro atoms. The van der Waals surface area contributed by atoms with E-state index in [1.807, 2.05) is 19.1 Å². The van der Waals surface area contributed by atoms with Gasteiger partial charge in [-0.2, -0.15) is 0 Å². The molecule has 1 aromatic rings. The average Bonchev–Trinajstić information content (AvgIpc) is 2.44. The molecule has 0 aliphatic carbocycles. The molecule has 1 aromatic carbocycles. The first kappa shape index (κ1) is 15.7. The second kappa shape index (κ2) is 8.67. The molecule has 0 unspecified atom stereocenters. The molecule has 19 heavy (non-hydrogen) atoms. The summed E-state index contributed by atoms with van der Waals surface area (Å²) in [5.74, 6) is 0.119. The number of carbonyl (C=O) groups is 1. The molecule has 3 N–H and O–H groups in total. The smallest absolute Gasteiger partial charge is 0.221 e. The van der Waals surface area contributed by atoms with E-state index in [4.69, 9.17) is 5.73 Å². The minimum atomic E-state index is 0.119. The predicted molar refractivity (Wildman–Crippen MR) is 78.6 cm³/mol. The van der Waals surface area contributed by atoms with Crippen molar-refractivity contribution in [3.8, 4) is 0 Å². The first-order chi connectivity index (χ1) is 9.21. The Hall–Kier alpha value is -1.39. The fraction of sp³-hybridized carbons (Fsp3) is 0.533. The van der Waals surface area contributed by atoms with Crippen LogP contribution in [-0.4, -0.2) is 30.4 Å². The Balaban J connectivity index is 2.54. The van der Waals surface area contributed by atoms with Crippen molar-refractivity contribution in [3.05, 3.63) is 35.4 Å². The molecule has 0 aliphatic rings. The van der Waals surface area contributed by atoms with Gasteiger partial charge in [0.05, 0.1) is 0 Å². The molecule has 0 aliphatic heterocycles. The zero-order chi connectivity index (χ0) is 14.1. The Kier molecular flexibility index (Phi) is 7.15. The van der Waals surface area contributed by atoms with Crippen LogP contribution < -0.4 is 11.1 Å². The Labute approximate surface area is 116 Å². The minimum Gasteiger partial charge on any atom is -0.356 e. The summed E-state index contributed by atoms with van der Waals surface area (Å²) in [7, 11) is 0. The van der Waals surface area contributed by atoms with E-state index in [0.29, 0.717) is 19.5 Å². The van der Waals surface area contributed by atoms with Crippen LogP contribution in [0.4, 0.5) is 0 Å². The highest BCUT2D eigenvalue weighted by Crippen LogP contribution is 2.11. The van der Waals surface area contributed by atoms with Crippen molar-refractivity contribution < 1.29 is 4.79 Å². The highest BCUT2D eigenvalue weighted by Gasteiger charge is 2.08. The molecule has 1 amide bonds. The van der Waals surface area contributed by atoms with Gasteiger partial charge in [0.1, 0.15) is 0 Å². The largest absolute Gasteiger partial charge is 0.356 e. The summed E-state index contributed by atoms with van der Waals surface area (Å²) in [5.41, 5.74) is 8.18. The topological polar surface area (TPSA) is 58.4 Å². The summed E-state index contributed by atoms with van der Waals surface area (Å²) < 4.78 is 0. The van der Waals surface area contributed by atoms with Crippen molar-refractivity contribution in [1.29, 1.82) is 0 Å². The van der Waals surface area contributed by atoms with Gasteiger partial charge in [0.15, 0.2) is 0 Å². The Morgan fingerprint density at radius 1 is 1.26 bits per heavy atom. The third-order valence-corrected chi connectivity index (χ3v) is 3.21. The maximum absolute atomic E-state index is 11.5. The van der Waals surface area contributed by atoms with Gasteiger partial charge in [0.25, 0.3) is 0 Å². The molecule has 0 atom stereocenters. The Bertz CT molecular complexity index is 393. The molecule has 0 radical (unpaired) electrons. The first-order valence-electron chi connectivity index (χ1n) is 6.97. The van der Waals surface area contributed by atoms with E-state index < -0.39 is 0 Å². The average molecular weight is 263 g/mol. The molecule has 1 rings (SSSR count). The van der Waals surface area contributed by atoms with E-state index in [0.717, 1.165) is 19.6 Å². The number of hydrogen-bond donors (Lipinski definition) is 2. The quantitative estimate of drug-likeness (QED) is 0.747. The van der Waals surface area contributed by atoms with Gasteiger partial charge in [-0.3, -0.25) is 9.69 Å². The zero-order valence-corrected chi connectivity index (χ0v) is 12.0. The fourth-order valence-electron chi connectivity index (χ4n) is 2.05. The monoisotopic (exact) mass is 263 g/mol. The highest BCUT2D eigenvalue weighted by atomic mass is 16.1. The standard InChI is InChI=1S/C15H25N3O/c1-3-17-15(19)9-10-18(4-2)12-14-8-6-5-7-13(14)11-16/h5-8H,3-4,9-12,16H2,1-2H3,(H,17,19). The van der Waals surface area contributed by atoms with Crippen LogP contribution in [0.2, 0.25) is 0 Å². The predicted octanol–water partition coefficient (Wildman–Crippen LogP) is 1.49. The number of hydrogen-bond acceptors (Lipinski definition) is 3. The van der Waals surface area contributed by atoms with Crippen LogP contribution in [0.3, 0.4) is 0 Å². The van der Waals surface area contributed by atoms with Crippen molar-refractivity contribution in [3.63, 3.8) is 0 Å². The van der Waals surface area contributed by atoms with E-state index in [9.17, 15) is 4.79 Å². The van der Waals surface area contributed by atoms with Crippen molar-refractivity contribution in [1.82, 2.24) is 10.2 Å². The maximum Gasteiger partial charge on any atom is 0.221 e. The number of nitrogens with one attached hydrogen (secondary N) is 1. The van der Waals surface area contributed by atoms with Gasteiger partial charge >= 0.3 is 0 Å². The lowest BCUT2D eigenvalue weighted by Gasteiger charge is -2.21. The van der Waals surface area contributed by atoms with Crippen LogP contribution in [0.25, 0.3) is 0 Å². The van der Waals surface area contributed by atoms with E-state index in [-0.39, 0.29) is 5.91 Å². The summed E-state index contributed by atoms with van der Waals surface area (Å²) in [6.07, 6.45) is 0.548. The van der Waals surface area contributed by atoms with Crippen molar-refractivity contribution in [2.75, 3.05) is 19.6 Å². The molecule has 0 saturated carbocycles. The van der Waals surface area contributed by atoms with Crippen LogP contribution in [-0.2, 0) is 17.9 Å². The van der Waals surface area contributed by atoms with Gasteiger partial charge in [-0.05, 0) is 24.6 Å². The third-order valence-electron chi connectivity index (χ3n) is 3.21. The fourth-order valence-corrected chi connectivity index (χ4v) is 2.05. The molecule has 106 valence electrons. The SMILES string of the molecule is CCNC(=O)CCN(CC)Cc1ccccc1CN. The molecule has 4 nitrogen and oxygen atoms in total. The van der Waals surface area contributed by atoms with Gasteiger partial charge in [0, 0.05) is 32.6 Å². The number of rotatable bonds is 8. The van der Waals surface area contributed by atoms with Crippen molar-refractivity contribution in [2.45, 2.75) is 33.4 Å². The number of amides is 1. The van der Waals surface area contributed by atoms with Crippen LogP contribution >= 0.6 is 0 Å². The van der Waals surface area contributed by atoms with Crippen molar-refractivity contribution >= 4 is 5.91 Å². The molecule has 0 fully saturated rings.